The Labute approximate surface area is 77.0 Å². The molecule has 0 spiro atoms. The molecular weight excluding hydrogens is 168 g/mol. The first-order chi connectivity index (χ1) is 5.84. The van der Waals surface area contributed by atoms with Crippen molar-refractivity contribution in [3.63, 3.8) is 0 Å². The summed E-state index contributed by atoms with van der Waals surface area (Å²) in [6.45, 7) is 0.830. The standard InChI is InChI=1S/C9H10N2S/c12-9-10-6-8(11-9)5-7-3-1-2-4-7/h1-3,5H,4,6H2,(H2,10,11,12)/b8-5+. The summed E-state index contributed by atoms with van der Waals surface area (Å²) in [5, 5.41) is 6.87. The fourth-order valence-electron chi connectivity index (χ4n) is 1.29. The number of thiocarbonyl (C=S) groups is 1. The van der Waals surface area contributed by atoms with E-state index in [2.05, 4.69) is 34.9 Å². The van der Waals surface area contributed by atoms with Gasteiger partial charge >= 0.3 is 0 Å². The molecule has 1 aliphatic heterocycles. The van der Waals surface area contributed by atoms with Gasteiger partial charge in [0.1, 0.15) is 0 Å². The first kappa shape index (κ1) is 7.55. The molecule has 0 aromatic carbocycles. The summed E-state index contributed by atoms with van der Waals surface area (Å²) in [4.78, 5) is 0. The number of nitrogens with one attached hydrogen (secondary N) is 2. The molecule has 2 N–H and O–H groups in total. The second-order valence-corrected chi connectivity index (χ2v) is 3.26. The molecule has 1 saturated heterocycles. The third kappa shape index (κ3) is 1.56. The van der Waals surface area contributed by atoms with Gasteiger partial charge in [-0.1, -0.05) is 18.2 Å². The van der Waals surface area contributed by atoms with Crippen molar-refractivity contribution >= 4 is 17.3 Å². The fraction of sp³-hybridized carbons (Fsp3) is 0.222. The molecule has 2 rings (SSSR count). The van der Waals surface area contributed by atoms with Gasteiger partial charge in [-0.05, 0) is 30.3 Å². The maximum Gasteiger partial charge on any atom is 0.170 e. The van der Waals surface area contributed by atoms with Crippen LogP contribution >= 0.6 is 12.2 Å². The zero-order valence-corrected chi connectivity index (χ0v) is 7.45. The van der Waals surface area contributed by atoms with Gasteiger partial charge in [-0.15, -0.1) is 0 Å². The van der Waals surface area contributed by atoms with Crippen LogP contribution in [0.4, 0.5) is 0 Å². The van der Waals surface area contributed by atoms with Crippen LogP contribution in [0, 0.1) is 0 Å². The molecule has 0 bridgehead atoms. The normalized spacial score (nSPS) is 24.2. The van der Waals surface area contributed by atoms with Gasteiger partial charge in [0, 0.05) is 5.70 Å². The minimum absolute atomic E-state index is 0.729. The van der Waals surface area contributed by atoms with Crippen LogP contribution in [-0.2, 0) is 0 Å². The van der Waals surface area contributed by atoms with Gasteiger partial charge in [0.2, 0.25) is 0 Å². The predicted molar refractivity (Wildman–Crippen MR) is 53.7 cm³/mol. The Kier molecular flexibility index (Phi) is 1.96. The van der Waals surface area contributed by atoms with Crippen LogP contribution in [0.5, 0.6) is 0 Å². The molecule has 0 atom stereocenters. The largest absolute Gasteiger partial charge is 0.357 e. The Morgan fingerprint density at radius 2 is 2.42 bits per heavy atom. The molecule has 62 valence electrons. The van der Waals surface area contributed by atoms with E-state index in [9.17, 15) is 0 Å². The van der Waals surface area contributed by atoms with Crippen molar-refractivity contribution < 1.29 is 0 Å². The minimum atomic E-state index is 0.729. The zero-order chi connectivity index (χ0) is 8.39. The summed E-state index contributed by atoms with van der Waals surface area (Å²) in [6.07, 6.45) is 9.53. The van der Waals surface area contributed by atoms with E-state index in [4.69, 9.17) is 12.2 Å². The van der Waals surface area contributed by atoms with Gasteiger partial charge in [0.15, 0.2) is 5.11 Å². The highest BCUT2D eigenvalue weighted by Crippen LogP contribution is 2.13. The highest BCUT2D eigenvalue weighted by molar-refractivity contribution is 7.80. The lowest BCUT2D eigenvalue weighted by Crippen LogP contribution is -2.19. The summed E-state index contributed by atoms with van der Waals surface area (Å²) in [6, 6.07) is 0. The third-order valence-electron chi connectivity index (χ3n) is 1.87. The van der Waals surface area contributed by atoms with Crippen molar-refractivity contribution in [1.82, 2.24) is 10.6 Å². The van der Waals surface area contributed by atoms with E-state index in [0.29, 0.717) is 0 Å². The van der Waals surface area contributed by atoms with Crippen LogP contribution in [0.3, 0.4) is 0 Å². The van der Waals surface area contributed by atoms with Crippen molar-refractivity contribution in [3.8, 4) is 0 Å². The van der Waals surface area contributed by atoms with E-state index < -0.39 is 0 Å². The molecule has 1 heterocycles. The third-order valence-corrected chi connectivity index (χ3v) is 2.12. The van der Waals surface area contributed by atoms with E-state index in [1.165, 1.54) is 5.57 Å². The van der Waals surface area contributed by atoms with E-state index in [1.807, 2.05) is 0 Å². The SMILES string of the molecule is S=C1NC/C(=C\C2=CC=CC2)N1. The lowest BCUT2D eigenvalue weighted by atomic mass is 10.2. The Morgan fingerprint density at radius 3 is 3.00 bits per heavy atom. The molecule has 12 heavy (non-hydrogen) atoms. The molecule has 0 saturated carbocycles. The number of rotatable bonds is 1. The monoisotopic (exact) mass is 178 g/mol. The number of hydrogen-bond acceptors (Lipinski definition) is 1. The van der Waals surface area contributed by atoms with Gasteiger partial charge in [0.25, 0.3) is 0 Å². The van der Waals surface area contributed by atoms with Gasteiger partial charge in [0.05, 0.1) is 6.54 Å². The van der Waals surface area contributed by atoms with Crippen LogP contribution in [-0.4, -0.2) is 11.7 Å². The van der Waals surface area contributed by atoms with Crippen molar-refractivity contribution in [2.75, 3.05) is 6.54 Å². The highest BCUT2D eigenvalue weighted by Gasteiger charge is 2.09. The molecule has 0 aromatic heterocycles. The van der Waals surface area contributed by atoms with Crippen molar-refractivity contribution in [3.05, 3.63) is 35.6 Å². The molecule has 0 radical (unpaired) electrons. The van der Waals surface area contributed by atoms with E-state index in [-0.39, 0.29) is 0 Å². The summed E-state index contributed by atoms with van der Waals surface area (Å²) < 4.78 is 0. The van der Waals surface area contributed by atoms with Crippen LogP contribution in [0.25, 0.3) is 0 Å². The van der Waals surface area contributed by atoms with Crippen molar-refractivity contribution in [2.24, 2.45) is 0 Å². The molecule has 2 aliphatic rings. The second-order valence-electron chi connectivity index (χ2n) is 2.85. The highest BCUT2D eigenvalue weighted by atomic mass is 32.1. The maximum absolute atomic E-state index is 4.94. The summed E-state index contributed by atoms with van der Waals surface area (Å²) in [5.41, 5.74) is 2.50. The Morgan fingerprint density at radius 1 is 1.50 bits per heavy atom. The zero-order valence-electron chi connectivity index (χ0n) is 6.63. The van der Waals surface area contributed by atoms with E-state index in [1.54, 1.807) is 0 Å². The van der Waals surface area contributed by atoms with Crippen molar-refractivity contribution in [1.29, 1.82) is 0 Å². The van der Waals surface area contributed by atoms with Gasteiger partial charge in [-0.3, -0.25) is 0 Å². The van der Waals surface area contributed by atoms with E-state index >= 15 is 0 Å². The van der Waals surface area contributed by atoms with Crippen molar-refractivity contribution in [2.45, 2.75) is 6.42 Å². The quantitative estimate of drug-likeness (QED) is 0.591. The predicted octanol–water partition coefficient (Wildman–Crippen LogP) is 1.23. The molecule has 0 amide bonds. The lowest BCUT2D eigenvalue weighted by Gasteiger charge is -1.96. The second kappa shape index (κ2) is 3.11. The number of hydrogen-bond donors (Lipinski definition) is 2. The first-order valence-corrected chi connectivity index (χ1v) is 4.36. The van der Waals surface area contributed by atoms with E-state index in [0.717, 1.165) is 23.8 Å². The topological polar surface area (TPSA) is 24.1 Å². The van der Waals surface area contributed by atoms with Crippen LogP contribution in [0.1, 0.15) is 6.42 Å². The summed E-state index contributed by atoms with van der Waals surface area (Å²) in [5.74, 6) is 0. The van der Waals surface area contributed by atoms with Crippen LogP contribution < -0.4 is 10.6 Å². The average molecular weight is 178 g/mol. The summed E-state index contributed by atoms with van der Waals surface area (Å²) in [7, 11) is 0. The van der Waals surface area contributed by atoms with Gasteiger partial charge < -0.3 is 10.6 Å². The molecule has 3 heteroatoms. The molecule has 0 aromatic rings. The van der Waals surface area contributed by atoms with Crippen LogP contribution in [0.15, 0.2) is 35.6 Å². The van der Waals surface area contributed by atoms with Crippen LogP contribution in [0.2, 0.25) is 0 Å². The minimum Gasteiger partial charge on any atom is -0.357 e. The fourth-order valence-corrected chi connectivity index (χ4v) is 1.49. The Balaban J connectivity index is 2.04. The molecule has 2 nitrogen and oxygen atoms in total. The smallest absolute Gasteiger partial charge is 0.170 e. The Hall–Kier alpha value is -1.09. The molecule has 1 fully saturated rings. The number of allylic oxidation sites excluding steroid dienone is 5. The molecule has 1 aliphatic carbocycles. The average Bonchev–Trinajstić information content (AvgIpc) is 2.63. The van der Waals surface area contributed by atoms with Gasteiger partial charge in [-0.2, -0.15) is 0 Å². The summed E-state index contributed by atoms with van der Waals surface area (Å²) >= 11 is 4.94. The molecular formula is C9H10N2S. The first-order valence-electron chi connectivity index (χ1n) is 3.96. The maximum atomic E-state index is 4.94. The lowest BCUT2D eigenvalue weighted by molar-refractivity contribution is 1.05. The van der Waals surface area contributed by atoms with Gasteiger partial charge in [-0.25, -0.2) is 0 Å². The molecule has 0 unspecified atom stereocenters. The Bertz CT molecular complexity index is 300.